The van der Waals surface area contributed by atoms with Crippen LogP contribution in [0.2, 0.25) is 0 Å². The zero-order valence-corrected chi connectivity index (χ0v) is 11.5. The van der Waals surface area contributed by atoms with Crippen LogP contribution in [0.1, 0.15) is 43.7 Å². The van der Waals surface area contributed by atoms with Crippen LogP contribution in [0.4, 0.5) is 0 Å². The van der Waals surface area contributed by atoms with Gasteiger partial charge >= 0.3 is 0 Å². The Labute approximate surface area is 112 Å². The Bertz CT molecular complexity index is 543. The number of hydrogen-bond acceptors (Lipinski definition) is 4. The van der Waals surface area contributed by atoms with Crippen molar-refractivity contribution < 1.29 is 0 Å². The highest BCUT2D eigenvalue weighted by Gasteiger charge is 2.22. The molecule has 1 saturated heterocycles. The standard InChI is InChI=1S/C13H20N6/c1-10-4-3-5-11(16-10)12-6-14-8-19(12)7-13-15-9-18(2)17-13/h6,8-11,16H,3-5,7H2,1-2H3. The summed E-state index contributed by atoms with van der Waals surface area (Å²) in [4.78, 5) is 8.56. The highest BCUT2D eigenvalue weighted by Crippen LogP contribution is 2.25. The number of aryl methyl sites for hydroxylation is 1. The van der Waals surface area contributed by atoms with Gasteiger partial charge in [-0.2, -0.15) is 5.10 Å². The van der Waals surface area contributed by atoms with Crippen molar-refractivity contribution in [3.05, 3.63) is 30.4 Å². The predicted octanol–water partition coefficient (Wildman–Crippen LogP) is 1.26. The van der Waals surface area contributed by atoms with Crippen molar-refractivity contribution in [2.45, 2.75) is 44.8 Å². The lowest BCUT2D eigenvalue weighted by Gasteiger charge is -2.29. The second-order valence-electron chi connectivity index (χ2n) is 5.33. The number of piperidine rings is 1. The molecule has 2 unspecified atom stereocenters. The molecule has 0 spiro atoms. The molecule has 1 N–H and O–H groups in total. The molecule has 2 aromatic heterocycles. The summed E-state index contributed by atoms with van der Waals surface area (Å²) in [5.74, 6) is 0.825. The molecule has 1 fully saturated rings. The Morgan fingerprint density at radius 2 is 2.26 bits per heavy atom. The molecule has 0 aromatic carbocycles. The molecule has 0 radical (unpaired) electrons. The second kappa shape index (κ2) is 5.13. The van der Waals surface area contributed by atoms with Crippen molar-refractivity contribution in [1.82, 2.24) is 29.6 Å². The Morgan fingerprint density at radius 3 is 3.00 bits per heavy atom. The van der Waals surface area contributed by atoms with Crippen LogP contribution in [0.15, 0.2) is 18.9 Å². The molecular weight excluding hydrogens is 240 g/mol. The minimum atomic E-state index is 0.398. The number of rotatable bonds is 3. The number of nitrogens with zero attached hydrogens (tertiary/aromatic N) is 5. The van der Waals surface area contributed by atoms with Crippen LogP contribution in [-0.4, -0.2) is 30.4 Å². The summed E-state index contributed by atoms with van der Waals surface area (Å²) in [5, 5.41) is 7.97. The van der Waals surface area contributed by atoms with Gasteiger partial charge in [0.2, 0.25) is 0 Å². The van der Waals surface area contributed by atoms with E-state index in [0.717, 1.165) is 5.82 Å². The third-order valence-corrected chi connectivity index (χ3v) is 3.68. The van der Waals surface area contributed by atoms with Gasteiger partial charge in [0.05, 0.1) is 18.6 Å². The van der Waals surface area contributed by atoms with Crippen LogP contribution < -0.4 is 5.32 Å². The Morgan fingerprint density at radius 1 is 1.37 bits per heavy atom. The molecule has 102 valence electrons. The van der Waals surface area contributed by atoms with Crippen LogP contribution in [0.3, 0.4) is 0 Å². The van der Waals surface area contributed by atoms with Gasteiger partial charge in [0.15, 0.2) is 5.82 Å². The Kier molecular flexibility index (Phi) is 3.33. The van der Waals surface area contributed by atoms with Crippen molar-refractivity contribution in [1.29, 1.82) is 0 Å². The maximum atomic E-state index is 4.32. The average molecular weight is 260 g/mol. The smallest absolute Gasteiger partial charge is 0.170 e. The number of nitrogens with one attached hydrogen (secondary N) is 1. The minimum absolute atomic E-state index is 0.398. The molecule has 6 heteroatoms. The molecule has 3 heterocycles. The summed E-state index contributed by atoms with van der Waals surface area (Å²) in [5.41, 5.74) is 1.24. The normalized spacial score (nSPS) is 23.7. The van der Waals surface area contributed by atoms with Gasteiger partial charge < -0.3 is 9.88 Å². The Hall–Kier alpha value is -1.69. The maximum absolute atomic E-state index is 4.32. The van der Waals surface area contributed by atoms with Crippen molar-refractivity contribution in [3.8, 4) is 0 Å². The van der Waals surface area contributed by atoms with E-state index in [4.69, 9.17) is 0 Å². The topological polar surface area (TPSA) is 60.6 Å². The van der Waals surface area contributed by atoms with E-state index in [1.54, 1.807) is 11.0 Å². The minimum Gasteiger partial charge on any atom is -0.325 e. The van der Waals surface area contributed by atoms with Crippen molar-refractivity contribution in [3.63, 3.8) is 0 Å². The van der Waals surface area contributed by atoms with Crippen molar-refractivity contribution in [2.75, 3.05) is 0 Å². The Balaban J connectivity index is 1.78. The first-order valence-corrected chi connectivity index (χ1v) is 6.83. The monoisotopic (exact) mass is 260 g/mol. The van der Waals surface area contributed by atoms with E-state index in [1.165, 1.54) is 25.0 Å². The van der Waals surface area contributed by atoms with Crippen molar-refractivity contribution in [2.24, 2.45) is 7.05 Å². The molecule has 2 atom stereocenters. The lowest BCUT2D eigenvalue weighted by molar-refractivity contribution is 0.330. The van der Waals surface area contributed by atoms with E-state index in [2.05, 4.69) is 31.9 Å². The third kappa shape index (κ3) is 2.68. The summed E-state index contributed by atoms with van der Waals surface area (Å²) < 4.78 is 3.87. The van der Waals surface area contributed by atoms with E-state index in [1.807, 2.05) is 19.6 Å². The molecule has 0 aliphatic carbocycles. The quantitative estimate of drug-likeness (QED) is 0.902. The second-order valence-corrected chi connectivity index (χ2v) is 5.33. The van der Waals surface area contributed by atoms with Crippen LogP contribution in [0, 0.1) is 0 Å². The lowest BCUT2D eigenvalue weighted by atomic mass is 9.97. The maximum Gasteiger partial charge on any atom is 0.170 e. The van der Waals surface area contributed by atoms with E-state index < -0.39 is 0 Å². The fraction of sp³-hybridized carbons (Fsp3) is 0.615. The number of aromatic nitrogens is 5. The molecule has 0 saturated carbocycles. The largest absolute Gasteiger partial charge is 0.325 e. The molecule has 1 aliphatic heterocycles. The van der Waals surface area contributed by atoms with Crippen LogP contribution in [0.25, 0.3) is 0 Å². The molecule has 0 amide bonds. The average Bonchev–Trinajstić information content (AvgIpc) is 2.99. The molecule has 2 aromatic rings. The van der Waals surface area contributed by atoms with E-state index >= 15 is 0 Å². The van der Waals surface area contributed by atoms with Gasteiger partial charge in [-0.25, -0.2) is 9.97 Å². The molecular formula is C13H20N6. The third-order valence-electron chi connectivity index (χ3n) is 3.68. The van der Waals surface area contributed by atoms with Gasteiger partial charge in [-0.05, 0) is 26.2 Å². The van der Waals surface area contributed by atoms with Crippen LogP contribution >= 0.6 is 0 Å². The van der Waals surface area contributed by atoms with E-state index in [0.29, 0.717) is 18.6 Å². The van der Waals surface area contributed by atoms with Crippen LogP contribution in [0.5, 0.6) is 0 Å². The van der Waals surface area contributed by atoms with Gasteiger partial charge in [-0.3, -0.25) is 4.68 Å². The van der Waals surface area contributed by atoms with Gasteiger partial charge in [-0.1, -0.05) is 0 Å². The van der Waals surface area contributed by atoms with Gasteiger partial charge in [0, 0.05) is 25.3 Å². The number of imidazole rings is 1. The molecule has 6 nitrogen and oxygen atoms in total. The van der Waals surface area contributed by atoms with Gasteiger partial charge in [0.25, 0.3) is 0 Å². The zero-order valence-electron chi connectivity index (χ0n) is 11.5. The van der Waals surface area contributed by atoms with Crippen LogP contribution in [-0.2, 0) is 13.6 Å². The number of hydrogen-bond donors (Lipinski definition) is 1. The fourth-order valence-corrected chi connectivity index (χ4v) is 2.73. The zero-order chi connectivity index (χ0) is 13.2. The SMILES string of the molecule is CC1CCCC(c2cncn2Cc2ncn(C)n2)N1. The lowest BCUT2D eigenvalue weighted by Crippen LogP contribution is -2.35. The summed E-state index contributed by atoms with van der Waals surface area (Å²) in [7, 11) is 1.88. The van der Waals surface area contributed by atoms with E-state index in [-0.39, 0.29) is 0 Å². The molecule has 19 heavy (non-hydrogen) atoms. The summed E-state index contributed by atoms with van der Waals surface area (Å²) in [6.07, 6.45) is 9.25. The summed E-state index contributed by atoms with van der Waals surface area (Å²) in [6, 6.07) is 0.977. The van der Waals surface area contributed by atoms with E-state index in [9.17, 15) is 0 Å². The first-order chi connectivity index (χ1) is 9.22. The summed E-state index contributed by atoms with van der Waals surface area (Å²) in [6.45, 7) is 2.93. The predicted molar refractivity (Wildman–Crippen MR) is 71.5 cm³/mol. The highest BCUT2D eigenvalue weighted by atomic mass is 15.3. The first kappa shape index (κ1) is 12.3. The first-order valence-electron chi connectivity index (χ1n) is 6.83. The van der Waals surface area contributed by atoms with Crippen molar-refractivity contribution >= 4 is 0 Å². The molecule has 1 aliphatic rings. The molecule has 0 bridgehead atoms. The summed E-state index contributed by atoms with van der Waals surface area (Å²) >= 11 is 0. The highest BCUT2D eigenvalue weighted by molar-refractivity contribution is 5.08. The molecule has 3 rings (SSSR count). The van der Waals surface area contributed by atoms with Gasteiger partial charge in [0.1, 0.15) is 6.33 Å². The fourth-order valence-electron chi connectivity index (χ4n) is 2.73. The van der Waals surface area contributed by atoms with Gasteiger partial charge in [-0.15, -0.1) is 0 Å².